The molecule has 5 heteroatoms. The highest BCUT2D eigenvalue weighted by Gasteiger charge is 2.33. The molecule has 0 amide bonds. The molecule has 0 aliphatic carbocycles. The van der Waals surface area contributed by atoms with E-state index in [0.29, 0.717) is 5.02 Å². The number of esters is 1. The van der Waals surface area contributed by atoms with Crippen LogP contribution < -0.4 is 0 Å². The number of halogens is 3. The van der Waals surface area contributed by atoms with E-state index in [1.165, 1.54) is 0 Å². The third-order valence-electron chi connectivity index (χ3n) is 2.02. The molecule has 1 aromatic carbocycles. The van der Waals surface area contributed by atoms with Crippen LogP contribution >= 0.6 is 34.8 Å². The monoisotopic (exact) mass is 262 g/mol. The van der Waals surface area contributed by atoms with Gasteiger partial charge in [0.05, 0.1) is 5.03 Å². The van der Waals surface area contributed by atoms with Crippen molar-refractivity contribution in [3.63, 3.8) is 0 Å². The van der Waals surface area contributed by atoms with Gasteiger partial charge in [0.15, 0.2) is 6.10 Å². The first-order chi connectivity index (χ1) is 7.09. The van der Waals surface area contributed by atoms with Crippen molar-refractivity contribution in [2.75, 3.05) is 0 Å². The topological polar surface area (TPSA) is 26.3 Å². The minimum Gasteiger partial charge on any atom is -0.447 e. The van der Waals surface area contributed by atoms with Gasteiger partial charge in [-0.2, -0.15) is 0 Å². The van der Waals surface area contributed by atoms with E-state index in [2.05, 4.69) is 0 Å². The van der Waals surface area contributed by atoms with Gasteiger partial charge in [0, 0.05) is 5.02 Å². The van der Waals surface area contributed by atoms with Gasteiger partial charge in [-0.25, -0.2) is 4.79 Å². The molecule has 0 fully saturated rings. The Morgan fingerprint density at radius 3 is 2.13 bits per heavy atom. The second kappa shape index (κ2) is 4.05. The molecule has 0 N–H and O–H groups in total. The van der Waals surface area contributed by atoms with E-state index in [0.717, 1.165) is 5.56 Å². The molecule has 0 saturated carbocycles. The van der Waals surface area contributed by atoms with Crippen molar-refractivity contribution in [2.45, 2.75) is 6.10 Å². The maximum atomic E-state index is 11.1. The van der Waals surface area contributed by atoms with Gasteiger partial charge in [-0.3, -0.25) is 0 Å². The van der Waals surface area contributed by atoms with Crippen molar-refractivity contribution in [3.8, 4) is 0 Å². The first-order valence-electron chi connectivity index (χ1n) is 4.11. The predicted molar refractivity (Wildman–Crippen MR) is 59.0 cm³/mol. The molecule has 15 heavy (non-hydrogen) atoms. The molecule has 1 atom stereocenters. The third-order valence-corrected chi connectivity index (χ3v) is 3.11. The number of carbonyl (C=O) groups excluding carboxylic acids is 1. The maximum Gasteiger partial charge on any atom is 0.352 e. The van der Waals surface area contributed by atoms with E-state index in [4.69, 9.17) is 39.5 Å². The van der Waals surface area contributed by atoms with Gasteiger partial charge in [0.2, 0.25) is 0 Å². The third kappa shape index (κ3) is 1.98. The minimum atomic E-state index is -0.607. The van der Waals surface area contributed by atoms with E-state index < -0.39 is 12.1 Å². The van der Waals surface area contributed by atoms with Crippen LogP contribution in [0, 0.1) is 0 Å². The molecule has 1 aliphatic heterocycles. The lowest BCUT2D eigenvalue weighted by Gasteiger charge is -2.10. The number of ether oxygens (including phenoxy) is 1. The van der Waals surface area contributed by atoms with Crippen LogP contribution in [0.3, 0.4) is 0 Å². The first kappa shape index (κ1) is 10.8. The molecule has 0 bridgehead atoms. The van der Waals surface area contributed by atoms with Crippen LogP contribution in [0.2, 0.25) is 5.02 Å². The molecule has 0 saturated heterocycles. The summed E-state index contributed by atoms with van der Waals surface area (Å²) in [6.45, 7) is 0. The summed E-state index contributed by atoms with van der Waals surface area (Å²) in [7, 11) is 0. The summed E-state index contributed by atoms with van der Waals surface area (Å²) in [5, 5.41) is 0.759. The van der Waals surface area contributed by atoms with Crippen LogP contribution in [-0.2, 0) is 9.53 Å². The van der Waals surface area contributed by atoms with Crippen LogP contribution in [0.15, 0.2) is 34.3 Å². The summed E-state index contributed by atoms with van der Waals surface area (Å²) in [5.74, 6) is -0.596. The lowest BCUT2D eigenvalue weighted by atomic mass is 10.1. The van der Waals surface area contributed by atoms with Crippen molar-refractivity contribution in [1.29, 1.82) is 0 Å². The number of hydrogen-bond acceptors (Lipinski definition) is 2. The number of cyclic esters (lactones) is 1. The Kier molecular flexibility index (Phi) is 2.91. The molecule has 1 aromatic rings. The van der Waals surface area contributed by atoms with Crippen molar-refractivity contribution >= 4 is 40.8 Å². The smallest absolute Gasteiger partial charge is 0.352 e. The number of carbonyl (C=O) groups is 1. The minimum absolute atomic E-state index is 0.0587. The Morgan fingerprint density at radius 2 is 1.67 bits per heavy atom. The zero-order valence-corrected chi connectivity index (χ0v) is 9.60. The Hall–Kier alpha value is -0.700. The van der Waals surface area contributed by atoms with E-state index >= 15 is 0 Å². The van der Waals surface area contributed by atoms with Gasteiger partial charge in [0.25, 0.3) is 0 Å². The fourth-order valence-electron chi connectivity index (χ4n) is 1.28. The lowest BCUT2D eigenvalue weighted by Crippen LogP contribution is -2.01. The Balaban J connectivity index is 2.35. The Labute approximate surface area is 101 Å². The van der Waals surface area contributed by atoms with Gasteiger partial charge < -0.3 is 4.74 Å². The van der Waals surface area contributed by atoms with Gasteiger partial charge in [-0.1, -0.05) is 46.9 Å². The highest BCUT2D eigenvalue weighted by molar-refractivity contribution is 6.48. The molecule has 2 rings (SSSR count). The maximum absolute atomic E-state index is 11.1. The molecule has 0 unspecified atom stereocenters. The van der Waals surface area contributed by atoms with Crippen molar-refractivity contribution in [1.82, 2.24) is 0 Å². The normalized spacial score (nSPS) is 20.7. The standard InChI is InChI=1S/C10H5Cl3O2/c11-6-3-1-5(2-4-6)9-7(12)8(13)10(14)15-9/h1-4,9H/t9-/m1/s1. The van der Waals surface area contributed by atoms with Gasteiger partial charge in [-0.15, -0.1) is 0 Å². The van der Waals surface area contributed by atoms with Crippen molar-refractivity contribution in [2.24, 2.45) is 0 Å². The van der Waals surface area contributed by atoms with E-state index in [-0.39, 0.29) is 10.1 Å². The van der Waals surface area contributed by atoms with Crippen LogP contribution in [0.4, 0.5) is 0 Å². The molecule has 1 heterocycles. The molecule has 0 radical (unpaired) electrons. The summed E-state index contributed by atoms with van der Waals surface area (Å²) < 4.78 is 4.99. The second-order valence-corrected chi connectivity index (χ2v) is 4.22. The molecule has 0 aromatic heterocycles. The summed E-state index contributed by atoms with van der Waals surface area (Å²) in [6, 6.07) is 6.86. The highest BCUT2D eigenvalue weighted by Crippen LogP contribution is 2.39. The van der Waals surface area contributed by atoms with Crippen molar-refractivity contribution < 1.29 is 9.53 Å². The van der Waals surface area contributed by atoms with Gasteiger partial charge in [0.1, 0.15) is 5.03 Å². The second-order valence-electron chi connectivity index (χ2n) is 3.00. The van der Waals surface area contributed by atoms with E-state index in [9.17, 15) is 4.79 Å². The highest BCUT2D eigenvalue weighted by atomic mass is 35.5. The largest absolute Gasteiger partial charge is 0.447 e. The SMILES string of the molecule is O=C1O[C@H](c2ccc(Cl)cc2)C(Cl)=C1Cl. The van der Waals surface area contributed by atoms with E-state index in [1.807, 2.05) is 0 Å². The summed E-state index contributed by atoms with van der Waals surface area (Å²) in [6.07, 6.45) is -0.607. The van der Waals surface area contributed by atoms with Gasteiger partial charge >= 0.3 is 5.97 Å². The van der Waals surface area contributed by atoms with Crippen LogP contribution in [0.5, 0.6) is 0 Å². The fourth-order valence-corrected chi connectivity index (χ4v) is 1.79. The average molecular weight is 264 g/mol. The quantitative estimate of drug-likeness (QED) is 0.723. The zero-order valence-electron chi connectivity index (χ0n) is 7.34. The molecular weight excluding hydrogens is 258 g/mol. The molecule has 0 spiro atoms. The molecular formula is C10H5Cl3O2. The Morgan fingerprint density at radius 1 is 1.07 bits per heavy atom. The predicted octanol–water partition coefficient (Wildman–Crippen LogP) is 3.63. The van der Waals surface area contributed by atoms with Crippen LogP contribution in [0.25, 0.3) is 0 Å². The molecule has 2 nitrogen and oxygen atoms in total. The summed E-state index contributed by atoms with van der Waals surface area (Å²) in [4.78, 5) is 11.1. The van der Waals surface area contributed by atoms with Gasteiger partial charge in [-0.05, 0) is 17.7 Å². The number of benzene rings is 1. The summed E-state index contributed by atoms with van der Waals surface area (Å²) in [5.41, 5.74) is 0.744. The average Bonchev–Trinajstić information content (AvgIpc) is 2.47. The lowest BCUT2D eigenvalue weighted by molar-refractivity contribution is -0.139. The zero-order chi connectivity index (χ0) is 11.0. The number of rotatable bonds is 1. The molecule has 78 valence electrons. The van der Waals surface area contributed by atoms with Crippen LogP contribution in [-0.4, -0.2) is 5.97 Å². The first-order valence-corrected chi connectivity index (χ1v) is 5.24. The number of hydrogen-bond donors (Lipinski definition) is 0. The summed E-state index contributed by atoms with van der Waals surface area (Å²) >= 11 is 17.2. The van der Waals surface area contributed by atoms with Crippen LogP contribution in [0.1, 0.15) is 11.7 Å². The Bertz CT molecular complexity index is 436. The fraction of sp³-hybridized carbons (Fsp3) is 0.100. The molecule has 1 aliphatic rings. The van der Waals surface area contributed by atoms with E-state index in [1.54, 1.807) is 24.3 Å². The van der Waals surface area contributed by atoms with Crippen molar-refractivity contribution in [3.05, 3.63) is 44.9 Å².